The first-order valence-electron chi connectivity index (χ1n) is 6.31. The highest BCUT2D eigenvalue weighted by molar-refractivity contribution is 7.20. The molecule has 2 N–H and O–H groups in total. The molecule has 0 atom stereocenters. The van der Waals surface area contributed by atoms with E-state index in [0.717, 1.165) is 10.2 Å². The number of fused-ring (bicyclic) bond motifs is 1. The summed E-state index contributed by atoms with van der Waals surface area (Å²) < 4.78 is 0.966. The Hall–Kier alpha value is -2.44. The molecular formula is C15H10ClN3O2S. The number of aromatic nitrogens is 1. The van der Waals surface area contributed by atoms with E-state index in [-0.39, 0.29) is 5.84 Å². The van der Waals surface area contributed by atoms with E-state index < -0.39 is 5.97 Å². The van der Waals surface area contributed by atoms with Crippen LogP contribution >= 0.6 is 22.9 Å². The maximum absolute atomic E-state index is 11.8. The molecule has 3 aromatic rings. The number of nitrogens with zero attached hydrogens (tertiary/aromatic N) is 1. The van der Waals surface area contributed by atoms with Crippen molar-refractivity contribution >= 4 is 45.0 Å². The zero-order chi connectivity index (χ0) is 15.5. The molecule has 2 aromatic carbocycles. The molecule has 7 heteroatoms. The number of carbonyl (C=O) groups is 1. The first kappa shape index (κ1) is 14.5. The highest BCUT2D eigenvalue weighted by atomic mass is 35.5. The van der Waals surface area contributed by atoms with E-state index in [0.29, 0.717) is 15.6 Å². The zero-order valence-electron chi connectivity index (χ0n) is 11.2. The Bertz CT molecular complexity index is 812. The lowest BCUT2D eigenvalue weighted by atomic mass is 10.2. The smallest absolute Gasteiger partial charge is 0.336 e. The second-order valence-corrected chi connectivity index (χ2v) is 5.83. The Kier molecular flexibility index (Phi) is 4.04. The summed E-state index contributed by atoms with van der Waals surface area (Å²) in [4.78, 5) is 21.0. The Balaban J connectivity index is 1.66. The van der Waals surface area contributed by atoms with Crippen LogP contribution in [-0.4, -0.2) is 16.8 Å². The molecule has 0 aliphatic carbocycles. The summed E-state index contributed by atoms with van der Waals surface area (Å²) in [6.45, 7) is 0. The Morgan fingerprint density at radius 1 is 1.18 bits per heavy atom. The third kappa shape index (κ3) is 3.08. The highest BCUT2D eigenvalue weighted by Gasteiger charge is 2.12. The van der Waals surface area contributed by atoms with Crippen molar-refractivity contribution < 1.29 is 9.63 Å². The molecule has 0 aliphatic heterocycles. The average Bonchev–Trinajstić information content (AvgIpc) is 2.97. The van der Waals surface area contributed by atoms with E-state index in [2.05, 4.69) is 10.5 Å². The average molecular weight is 332 g/mol. The van der Waals surface area contributed by atoms with Gasteiger partial charge in [-0.25, -0.2) is 9.78 Å². The number of halogens is 1. The second kappa shape index (κ2) is 6.13. The predicted molar refractivity (Wildman–Crippen MR) is 86.5 cm³/mol. The SMILES string of the molecule is N=C(NOC(=O)c1ccc(Cl)cc1)c1nc2ccccc2s1. The zero-order valence-corrected chi connectivity index (χ0v) is 12.7. The molecule has 5 nitrogen and oxygen atoms in total. The topological polar surface area (TPSA) is 75.1 Å². The van der Waals surface area contributed by atoms with E-state index >= 15 is 0 Å². The van der Waals surface area contributed by atoms with Gasteiger partial charge in [0.2, 0.25) is 0 Å². The molecule has 0 fully saturated rings. The van der Waals surface area contributed by atoms with Gasteiger partial charge >= 0.3 is 5.97 Å². The molecule has 0 spiro atoms. The number of benzene rings is 2. The summed E-state index contributed by atoms with van der Waals surface area (Å²) in [5, 5.41) is 8.87. The molecule has 22 heavy (non-hydrogen) atoms. The van der Waals surface area contributed by atoms with Gasteiger partial charge in [-0.3, -0.25) is 5.41 Å². The second-order valence-electron chi connectivity index (χ2n) is 4.36. The number of thiazole rings is 1. The minimum atomic E-state index is -0.595. The number of hydrogen-bond acceptors (Lipinski definition) is 5. The van der Waals surface area contributed by atoms with Crippen molar-refractivity contribution in [3.8, 4) is 0 Å². The van der Waals surface area contributed by atoms with Gasteiger partial charge in [0.15, 0.2) is 10.8 Å². The fourth-order valence-electron chi connectivity index (χ4n) is 1.77. The molecule has 110 valence electrons. The molecule has 1 aromatic heterocycles. The fraction of sp³-hybridized carbons (Fsp3) is 0. The van der Waals surface area contributed by atoms with Gasteiger partial charge in [0.05, 0.1) is 15.8 Å². The Morgan fingerprint density at radius 3 is 2.64 bits per heavy atom. The molecule has 3 rings (SSSR count). The first-order valence-corrected chi connectivity index (χ1v) is 7.50. The number of hydrogen-bond donors (Lipinski definition) is 2. The summed E-state index contributed by atoms with van der Waals surface area (Å²) in [7, 11) is 0. The monoisotopic (exact) mass is 331 g/mol. The van der Waals surface area contributed by atoms with E-state index in [1.807, 2.05) is 24.3 Å². The standard InChI is InChI=1S/C15H10ClN3O2S/c16-10-7-5-9(6-8-10)15(20)21-19-13(17)14-18-11-3-1-2-4-12(11)22-14/h1-8H,(H2,17,19). The molecule has 0 unspecified atom stereocenters. The lowest BCUT2D eigenvalue weighted by molar-refractivity contribution is 0.0386. The minimum Gasteiger partial charge on any atom is -0.336 e. The first-order chi connectivity index (χ1) is 10.6. The molecule has 1 heterocycles. The van der Waals surface area contributed by atoms with Gasteiger partial charge in [0, 0.05) is 5.02 Å². The summed E-state index contributed by atoms with van der Waals surface area (Å²) >= 11 is 7.10. The van der Waals surface area contributed by atoms with E-state index in [4.69, 9.17) is 21.8 Å². The number of nitrogens with one attached hydrogen (secondary N) is 2. The van der Waals surface area contributed by atoms with Crippen molar-refractivity contribution in [2.75, 3.05) is 0 Å². The van der Waals surface area contributed by atoms with Crippen LogP contribution in [0.4, 0.5) is 0 Å². The number of hydroxylamine groups is 1. The largest absolute Gasteiger partial charge is 0.362 e. The van der Waals surface area contributed by atoms with Crippen LogP contribution in [0.5, 0.6) is 0 Å². The lowest BCUT2D eigenvalue weighted by Crippen LogP contribution is -2.27. The predicted octanol–water partition coefficient (Wildman–Crippen LogP) is 3.64. The number of carbonyl (C=O) groups excluding carboxylic acids is 1. The van der Waals surface area contributed by atoms with Crippen molar-refractivity contribution in [1.29, 1.82) is 5.41 Å². The fourth-order valence-corrected chi connectivity index (χ4v) is 2.75. The number of para-hydroxylation sites is 1. The van der Waals surface area contributed by atoms with Crippen molar-refractivity contribution in [3.05, 3.63) is 64.1 Å². The maximum Gasteiger partial charge on any atom is 0.362 e. The Labute approximate surface area is 135 Å². The normalized spacial score (nSPS) is 10.4. The van der Waals surface area contributed by atoms with Crippen molar-refractivity contribution in [3.63, 3.8) is 0 Å². The molecule has 0 amide bonds. The van der Waals surface area contributed by atoms with Crippen LogP contribution in [-0.2, 0) is 4.84 Å². The van der Waals surface area contributed by atoms with Gasteiger partial charge in [-0.2, -0.15) is 5.48 Å². The van der Waals surface area contributed by atoms with E-state index in [1.54, 1.807) is 24.3 Å². The molecular weight excluding hydrogens is 322 g/mol. The minimum absolute atomic E-state index is 0.0662. The highest BCUT2D eigenvalue weighted by Crippen LogP contribution is 2.21. The van der Waals surface area contributed by atoms with E-state index in [9.17, 15) is 4.79 Å². The summed E-state index contributed by atoms with van der Waals surface area (Å²) in [6.07, 6.45) is 0. The molecule has 0 radical (unpaired) electrons. The number of rotatable bonds is 2. The van der Waals surface area contributed by atoms with Crippen molar-refractivity contribution in [2.45, 2.75) is 0 Å². The van der Waals surface area contributed by atoms with Gasteiger partial charge in [-0.1, -0.05) is 23.7 Å². The van der Waals surface area contributed by atoms with Gasteiger partial charge in [-0.05, 0) is 36.4 Å². The Morgan fingerprint density at radius 2 is 1.91 bits per heavy atom. The van der Waals surface area contributed by atoms with Crippen LogP contribution in [0.1, 0.15) is 15.4 Å². The van der Waals surface area contributed by atoms with Crippen molar-refractivity contribution in [2.24, 2.45) is 0 Å². The van der Waals surface area contributed by atoms with Gasteiger partial charge in [0.1, 0.15) is 0 Å². The van der Waals surface area contributed by atoms with Crippen molar-refractivity contribution in [1.82, 2.24) is 10.5 Å². The molecule has 0 bridgehead atoms. The van der Waals surface area contributed by atoms with Crippen LogP contribution in [0.15, 0.2) is 48.5 Å². The van der Waals surface area contributed by atoms with Crippen LogP contribution in [0.2, 0.25) is 5.02 Å². The summed E-state index contributed by atoms with van der Waals surface area (Å²) in [5.74, 6) is -0.661. The van der Waals surface area contributed by atoms with E-state index in [1.165, 1.54) is 11.3 Å². The van der Waals surface area contributed by atoms with Crippen LogP contribution in [0, 0.1) is 5.41 Å². The van der Waals surface area contributed by atoms with Crippen LogP contribution in [0.25, 0.3) is 10.2 Å². The third-order valence-electron chi connectivity index (χ3n) is 2.83. The third-order valence-corrected chi connectivity index (χ3v) is 4.14. The molecule has 0 saturated carbocycles. The molecule has 0 aliphatic rings. The lowest BCUT2D eigenvalue weighted by Gasteiger charge is -2.05. The number of amidine groups is 1. The van der Waals surface area contributed by atoms with Gasteiger partial charge in [0.25, 0.3) is 0 Å². The quantitative estimate of drug-likeness (QED) is 0.427. The van der Waals surface area contributed by atoms with Gasteiger partial charge in [-0.15, -0.1) is 11.3 Å². The molecule has 0 saturated heterocycles. The van der Waals surface area contributed by atoms with Crippen LogP contribution in [0.3, 0.4) is 0 Å². The van der Waals surface area contributed by atoms with Gasteiger partial charge < -0.3 is 4.84 Å². The summed E-state index contributed by atoms with van der Waals surface area (Å²) in [6, 6.07) is 13.9. The summed E-state index contributed by atoms with van der Waals surface area (Å²) in [5.41, 5.74) is 3.47. The van der Waals surface area contributed by atoms with Crippen LogP contribution < -0.4 is 5.48 Å². The maximum atomic E-state index is 11.8.